The van der Waals surface area contributed by atoms with Gasteiger partial charge in [-0.25, -0.2) is 0 Å². The normalized spacial score (nSPS) is 12.8. The highest BCUT2D eigenvalue weighted by Crippen LogP contribution is 2.45. The molecule has 0 saturated carbocycles. The maximum atomic E-state index is 10.6. The van der Waals surface area contributed by atoms with Gasteiger partial charge in [0, 0.05) is 10.6 Å². The highest BCUT2D eigenvalue weighted by molar-refractivity contribution is 7.74. The summed E-state index contributed by atoms with van der Waals surface area (Å²) in [5, 5.41) is 23.2. The summed E-state index contributed by atoms with van der Waals surface area (Å²) in [6, 6.07) is 11.9. The van der Waals surface area contributed by atoms with Gasteiger partial charge in [0.1, 0.15) is 11.5 Å². The van der Waals surface area contributed by atoms with Crippen LogP contribution in [0.3, 0.4) is 0 Å². The average molecular weight is 372 g/mol. The predicted molar refractivity (Wildman–Crippen MR) is 115 cm³/mol. The predicted octanol–water partition coefficient (Wildman–Crippen LogP) is 5.53. The molecule has 0 amide bonds. The minimum absolute atomic E-state index is 0.00966. The molecule has 0 aromatic heterocycles. The Labute approximate surface area is 160 Å². The van der Waals surface area contributed by atoms with Gasteiger partial charge in [0.2, 0.25) is 0 Å². The minimum atomic E-state index is -0.878. The number of phenols is 2. The first kappa shape index (κ1) is 20.8. The van der Waals surface area contributed by atoms with Gasteiger partial charge in [-0.1, -0.05) is 67.5 Å². The first-order valence-corrected chi connectivity index (χ1v) is 10.7. The number of benzene rings is 2. The Morgan fingerprint density at radius 2 is 1.04 bits per heavy atom. The molecule has 2 nitrogen and oxygen atoms in total. The molecule has 2 rings (SSSR count). The van der Waals surface area contributed by atoms with E-state index in [0.29, 0.717) is 17.2 Å². The van der Waals surface area contributed by atoms with Gasteiger partial charge in [-0.15, -0.1) is 0 Å². The topological polar surface area (TPSA) is 40.5 Å². The van der Waals surface area contributed by atoms with Crippen LogP contribution >= 0.6 is 7.92 Å². The molecule has 0 saturated heterocycles. The SMILES string of the molecule is CC(C)P(c1cc(C(C)(C)C)ccc1O)c1cc(C(C)(C)C)ccc1O. The molecular formula is C23H33O2P. The fourth-order valence-electron chi connectivity index (χ4n) is 3.05. The van der Waals surface area contributed by atoms with E-state index < -0.39 is 7.92 Å². The Balaban J connectivity index is 2.69. The first-order chi connectivity index (χ1) is 11.8. The zero-order valence-corrected chi connectivity index (χ0v) is 18.3. The largest absolute Gasteiger partial charge is 0.507 e. The molecule has 0 radical (unpaired) electrons. The van der Waals surface area contributed by atoms with Crippen LogP contribution in [0.25, 0.3) is 0 Å². The van der Waals surface area contributed by atoms with Crippen LogP contribution < -0.4 is 10.6 Å². The zero-order chi connectivity index (χ0) is 19.9. The molecule has 2 N–H and O–H groups in total. The fraction of sp³-hybridized carbons (Fsp3) is 0.478. The van der Waals surface area contributed by atoms with Gasteiger partial charge in [0.05, 0.1) is 0 Å². The van der Waals surface area contributed by atoms with Crippen LogP contribution in [0.2, 0.25) is 0 Å². The van der Waals surface area contributed by atoms with Gasteiger partial charge < -0.3 is 10.2 Å². The summed E-state index contributed by atoms with van der Waals surface area (Å²) in [6.45, 7) is 17.4. The van der Waals surface area contributed by atoms with E-state index in [1.165, 1.54) is 11.1 Å². The van der Waals surface area contributed by atoms with E-state index in [1.54, 1.807) is 12.1 Å². The second-order valence-corrected chi connectivity index (χ2v) is 12.1. The Morgan fingerprint density at radius 1 is 0.692 bits per heavy atom. The maximum absolute atomic E-state index is 10.6. The molecule has 0 spiro atoms. The van der Waals surface area contributed by atoms with Crippen molar-refractivity contribution in [1.82, 2.24) is 0 Å². The van der Waals surface area contributed by atoms with Crippen LogP contribution in [0.4, 0.5) is 0 Å². The third-order valence-corrected chi connectivity index (χ3v) is 7.51. The van der Waals surface area contributed by atoms with Crippen LogP contribution in [-0.2, 0) is 10.8 Å². The summed E-state index contributed by atoms with van der Waals surface area (Å²) < 4.78 is 0. The first-order valence-electron chi connectivity index (χ1n) is 9.28. The lowest BCUT2D eigenvalue weighted by atomic mass is 9.87. The van der Waals surface area contributed by atoms with Crippen molar-refractivity contribution in [2.24, 2.45) is 0 Å². The second kappa shape index (κ2) is 7.24. The highest BCUT2D eigenvalue weighted by atomic mass is 31.1. The van der Waals surface area contributed by atoms with E-state index in [4.69, 9.17) is 0 Å². The molecule has 0 aliphatic rings. The molecule has 3 heteroatoms. The van der Waals surface area contributed by atoms with Gasteiger partial charge in [-0.05, 0) is 59.8 Å². The van der Waals surface area contributed by atoms with Crippen molar-refractivity contribution in [3.8, 4) is 11.5 Å². The van der Waals surface area contributed by atoms with Crippen molar-refractivity contribution in [3.63, 3.8) is 0 Å². The molecule has 0 aliphatic carbocycles. The third-order valence-electron chi connectivity index (χ3n) is 4.72. The molecule has 2 aromatic rings. The van der Waals surface area contributed by atoms with Crippen LogP contribution in [-0.4, -0.2) is 15.9 Å². The molecule has 0 bridgehead atoms. The Bertz CT molecular complexity index is 716. The molecular weight excluding hydrogens is 339 g/mol. The van der Waals surface area contributed by atoms with Crippen LogP contribution in [0.1, 0.15) is 66.5 Å². The van der Waals surface area contributed by atoms with E-state index >= 15 is 0 Å². The number of rotatable bonds is 3. The highest BCUT2D eigenvalue weighted by Gasteiger charge is 2.27. The third kappa shape index (κ3) is 4.41. The zero-order valence-electron chi connectivity index (χ0n) is 17.4. The van der Waals surface area contributed by atoms with Crippen molar-refractivity contribution < 1.29 is 10.2 Å². The van der Waals surface area contributed by atoms with Crippen LogP contribution in [0.15, 0.2) is 36.4 Å². The summed E-state index contributed by atoms with van der Waals surface area (Å²) in [5.41, 5.74) is 2.72. The van der Waals surface area contributed by atoms with E-state index in [1.807, 2.05) is 12.1 Å². The average Bonchev–Trinajstić information content (AvgIpc) is 2.48. The Kier molecular flexibility index (Phi) is 5.78. The number of hydrogen-bond donors (Lipinski definition) is 2. The Hall–Kier alpha value is -1.53. The van der Waals surface area contributed by atoms with E-state index in [9.17, 15) is 10.2 Å². The van der Waals surface area contributed by atoms with Crippen molar-refractivity contribution in [1.29, 1.82) is 0 Å². The lowest BCUT2D eigenvalue weighted by molar-refractivity contribution is 0.478. The molecule has 2 aromatic carbocycles. The van der Waals surface area contributed by atoms with E-state index in [-0.39, 0.29) is 10.8 Å². The van der Waals surface area contributed by atoms with Gasteiger partial charge >= 0.3 is 0 Å². The maximum Gasteiger partial charge on any atom is 0.123 e. The summed E-state index contributed by atoms with van der Waals surface area (Å²) in [5.74, 6) is 0.636. The lowest BCUT2D eigenvalue weighted by Gasteiger charge is -2.29. The van der Waals surface area contributed by atoms with Gasteiger partial charge in [-0.3, -0.25) is 0 Å². The minimum Gasteiger partial charge on any atom is -0.507 e. The van der Waals surface area contributed by atoms with Crippen LogP contribution in [0, 0.1) is 0 Å². The monoisotopic (exact) mass is 372 g/mol. The van der Waals surface area contributed by atoms with Crippen molar-refractivity contribution in [3.05, 3.63) is 47.5 Å². The molecule has 26 heavy (non-hydrogen) atoms. The number of hydrogen-bond acceptors (Lipinski definition) is 2. The standard InChI is InChI=1S/C23H33O2P/c1-15(2)26(20-13-16(22(3,4)5)9-11-18(20)24)21-14-17(23(6,7)8)10-12-19(21)25/h9-15,24-25H,1-8H3. The van der Waals surface area contributed by atoms with Gasteiger partial charge in [0.15, 0.2) is 0 Å². The summed E-state index contributed by atoms with van der Waals surface area (Å²) in [6.07, 6.45) is 0. The quantitative estimate of drug-likeness (QED) is 0.695. The summed E-state index contributed by atoms with van der Waals surface area (Å²) >= 11 is 0. The molecule has 0 atom stereocenters. The molecule has 0 unspecified atom stereocenters. The van der Waals surface area contributed by atoms with E-state index in [0.717, 1.165) is 10.6 Å². The lowest BCUT2D eigenvalue weighted by Crippen LogP contribution is -2.23. The second-order valence-electron chi connectivity index (χ2n) is 9.37. The van der Waals surface area contributed by atoms with Crippen LogP contribution in [0.5, 0.6) is 11.5 Å². The molecule has 142 valence electrons. The number of aromatic hydroxyl groups is 2. The van der Waals surface area contributed by atoms with Crippen molar-refractivity contribution in [2.45, 2.75) is 71.9 Å². The van der Waals surface area contributed by atoms with Crippen molar-refractivity contribution >= 4 is 18.5 Å². The molecule has 0 aliphatic heterocycles. The fourth-order valence-corrected chi connectivity index (χ4v) is 5.62. The summed E-state index contributed by atoms with van der Waals surface area (Å²) in [7, 11) is -0.878. The smallest absolute Gasteiger partial charge is 0.123 e. The molecule has 0 heterocycles. The van der Waals surface area contributed by atoms with Gasteiger partial charge in [0.25, 0.3) is 0 Å². The van der Waals surface area contributed by atoms with Gasteiger partial charge in [-0.2, -0.15) is 0 Å². The van der Waals surface area contributed by atoms with Crippen molar-refractivity contribution in [2.75, 3.05) is 0 Å². The Morgan fingerprint density at radius 3 is 1.31 bits per heavy atom. The number of phenolic OH excluding ortho intramolecular Hbond substituents is 2. The molecule has 0 fully saturated rings. The van der Waals surface area contributed by atoms with E-state index in [2.05, 4.69) is 67.5 Å². The summed E-state index contributed by atoms with van der Waals surface area (Å²) in [4.78, 5) is 0.